The van der Waals surface area contributed by atoms with Crippen molar-refractivity contribution in [1.29, 1.82) is 0 Å². The molecule has 0 aromatic carbocycles. The Hall–Kier alpha value is -1.37. The van der Waals surface area contributed by atoms with Gasteiger partial charge in [0.15, 0.2) is 0 Å². The van der Waals surface area contributed by atoms with Crippen LogP contribution in [-0.2, 0) is 4.79 Å². The van der Waals surface area contributed by atoms with Crippen molar-refractivity contribution < 1.29 is 62.6 Å². The second-order valence-electron chi connectivity index (χ2n) is 14.3. The summed E-state index contributed by atoms with van der Waals surface area (Å²) in [5, 5.41) is 10.1. The highest BCUT2D eigenvalue weighted by Crippen LogP contribution is 2.88. The van der Waals surface area contributed by atoms with Crippen LogP contribution in [0.5, 0.6) is 0 Å². The molecule has 8 rings (SSSR count). The van der Waals surface area contributed by atoms with Gasteiger partial charge in [0, 0.05) is 0 Å². The van der Waals surface area contributed by atoms with E-state index < -0.39 is 145 Å². The summed E-state index contributed by atoms with van der Waals surface area (Å²) in [6, 6.07) is 0. The molecule has 8 aliphatic carbocycles. The van der Waals surface area contributed by atoms with Crippen LogP contribution in [0.3, 0.4) is 0 Å². The summed E-state index contributed by atoms with van der Waals surface area (Å²) >= 11 is 0. The van der Waals surface area contributed by atoms with Crippen LogP contribution in [-0.4, -0.2) is 35.8 Å². The van der Waals surface area contributed by atoms with Crippen molar-refractivity contribution in [2.24, 2.45) is 43.8 Å². The van der Waals surface area contributed by atoms with Gasteiger partial charge in [-0.25, -0.2) is 0 Å². The van der Waals surface area contributed by atoms with Crippen LogP contribution in [0.4, 0.5) is 52.7 Å². The lowest BCUT2D eigenvalue weighted by Gasteiger charge is -2.78. The first-order valence-corrected chi connectivity index (χ1v) is 12.8. The van der Waals surface area contributed by atoms with E-state index in [1.807, 2.05) is 0 Å². The Morgan fingerprint density at radius 3 is 1.21 bits per heavy atom. The first-order chi connectivity index (χ1) is 17.3. The van der Waals surface area contributed by atoms with Crippen molar-refractivity contribution in [3.05, 3.63) is 0 Å². The van der Waals surface area contributed by atoms with Crippen LogP contribution in [0.1, 0.15) is 77.0 Å². The van der Waals surface area contributed by atoms with Gasteiger partial charge >= 0.3 is 30.7 Å². The van der Waals surface area contributed by atoms with Crippen LogP contribution >= 0.6 is 0 Å². The van der Waals surface area contributed by atoms with Gasteiger partial charge in [0.2, 0.25) is 0 Å². The van der Waals surface area contributed by atoms with E-state index in [0.29, 0.717) is 0 Å². The Morgan fingerprint density at radius 1 is 0.487 bits per heavy atom. The van der Waals surface area contributed by atoms with Gasteiger partial charge in [0.05, 0.1) is 27.1 Å². The van der Waals surface area contributed by atoms with E-state index >= 15 is 0 Å². The molecule has 8 aliphatic rings. The molecule has 0 saturated heterocycles. The van der Waals surface area contributed by atoms with Crippen molar-refractivity contribution >= 4 is 5.97 Å². The molecule has 0 amide bonds. The van der Waals surface area contributed by atoms with E-state index in [1.54, 1.807) is 0 Å². The lowest BCUT2D eigenvalue weighted by Crippen LogP contribution is -2.75. The van der Waals surface area contributed by atoms with Gasteiger partial charge in [-0.2, -0.15) is 52.7 Å². The van der Waals surface area contributed by atoms with Crippen LogP contribution in [0.25, 0.3) is 0 Å². The molecule has 8 saturated carbocycles. The Balaban J connectivity index is 1.62. The number of hydrogen-bond acceptors (Lipinski definition) is 1. The van der Waals surface area contributed by atoms with Gasteiger partial charge in [-0.15, -0.1) is 0 Å². The largest absolute Gasteiger partial charge is 0.481 e. The standard InChI is InChI=1S/C25H26F12O2/c26-22(27,28)17-2-13-1-16(7-17,8-18(3-13,9-17)23(29,30)31)19-4-15(14(38)39)5-20(10-19,24(32,33)34)12-21(6-15,11-19)25(35,36)37/h13H,1-12H2,(H,38,39). The van der Waals surface area contributed by atoms with Crippen molar-refractivity contribution in [3.63, 3.8) is 0 Å². The maximum Gasteiger partial charge on any atom is 0.394 e. The zero-order valence-corrected chi connectivity index (χ0v) is 20.5. The fraction of sp³-hybridized carbons (Fsp3) is 0.960. The third-order valence-electron chi connectivity index (χ3n) is 12.1. The molecule has 0 aliphatic heterocycles. The van der Waals surface area contributed by atoms with Crippen molar-refractivity contribution in [2.45, 2.75) is 102 Å². The normalized spacial score (nSPS) is 51.0. The topological polar surface area (TPSA) is 37.3 Å². The maximum atomic E-state index is 14.7. The van der Waals surface area contributed by atoms with Gasteiger partial charge in [-0.05, 0) is 93.8 Å². The highest BCUT2D eigenvalue weighted by atomic mass is 19.4. The van der Waals surface area contributed by atoms with E-state index in [4.69, 9.17) is 0 Å². The summed E-state index contributed by atoms with van der Waals surface area (Å²) in [5.74, 6) is -3.10. The van der Waals surface area contributed by atoms with Crippen LogP contribution in [0.2, 0.25) is 0 Å². The number of hydrogen-bond donors (Lipinski definition) is 1. The SMILES string of the molecule is O=C(O)C12CC3(C(F)(F)F)CC(C(F)(F)F)(C1)CC(C14CC5CC(C(F)(F)F)(CC(C(F)(F)F)(C5)C1)C4)(C2)C3. The molecule has 0 aromatic rings. The van der Waals surface area contributed by atoms with Crippen LogP contribution < -0.4 is 0 Å². The predicted molar refractivity (Wildman–Crippen MR) is 108 cm³/mol. The van der Waals surface area contributed by atoms with Crippen molar-refractivity contribution in [1.82, 2.24) is 0 Å². The molecule has 0 aromatic heterocycles. The zero-order chi connectivity index (χ0) is 29.1. The summed E-state index contributed by atoms with van der Waals surface area (Å²) in [6.45, 7) is 0. The summed E-state index contributed by atoms with van der Waals surface area (Å²) < 4.78 is 176. The minimum Gasteiger partial charge on any atom is -0.481 e. The molecule has 4 unspecified atom stereocenters. The van der Waals surface area contributed by atoms with Crippen LogP contribution in [0, 0.1) is 43.8 Å². The van der Waals surface area contributed by atoms with Crippen molar-refractivity contribution in [2.75, 3.05) is 0 Å². The average molecular weight is 586 g/mol. The van der Waals surface area contributed by atoms with Gasteiger partial charge in [-0.3, -0.25) is 4.79 Å². The quantitative estimate of drug-likeness (QED) is 0.329. The molecular formula is C25H26F12O2. The number of carbonyl (C=O) groups is 1. The van der Waals surface area contributed by atoms with E-state index in [0.717, 1.165) is 0 Å². The number of carboxylic acids is 1. The molecule has 1 N–H and O–H groups in total. The molecule has 0 heterocycles. The minimum atomic E-state index is -5.33. The molecule has 222 valence electrons. The van der Waals surface area contributed by atoms with Crippen molar-refractivity contribution in [3.8, 4) is 0 Å². The minimum absolute atomic E-state index is 0.361. The Morgan fingerprint density at radius 2 is 0.846 bits per heavy atom. The summed E-state index contributed by atoms with van der Waals surface area (Å²) in [5.41, 5.74) is -19.2. The molecule has 0 spiro atoms. The third-order valence-corrected chi connectivity index (χ3v) is 12.1. The lowest BCUT2D eigenvalue weighted by molar-refractivity contribution is -0.408. The van der Waals surface area contributed by atoms with E-state index in [2.05, 4.69) is 0 Å². The molecule has 14 heteroatoms. The Kier molecular flexibility index (Phi) is 4.85. The van der Waals surface area contributed by atoms with E-state index in [1.165, 1.54) is 0 Å². The second kappa shape index (κ2) is 6.81. The van der Waals surface area contributed by atoms with E-state index in [-0.39, 0.29) is 6.42 Å². The molecule has 8 bridgehead atoms. The number of alkyl halides is 12. The molecule has 4 atom stereocenters. The monoisotopic (exact) mass is 586 g/mol. The Labute approximate surface area is 214 Å². The first kappa shape index (κ1) is 27.8. The molecule has 8 fully saturated rings. The van der Waals surface area contributed by atoms with Gasteiger partial charge in [0.1, 0.15) is 0 Å². The maximum absolute atomic E-state index is 14.7. The molecule has 0 radical (unpaired) electrons. The van der Waals surface area contributed by atoms with E-state index in [9.17, 15) is 62.6 Å². The second-order valence-corrected chi connectivity index (χ2v) is 14.3. The highest BCUT2D eigenvalue weighted by Gasteiger charge is 2.86. The number of aliphatic carboxylic acids is 1. The fourth-order valence-corrected chi connectivity index (χ4v) is 11.7. The molecule has 2 nitrogen and oxygen atoms in total. The third kappa shape index (κ3) is 3.12. The number of carboxylic acid groups (broad SMARTS) is 1. The zero-order valence-electron chi connectivity index (χ0n) is 20.5. The Bertz CT molecular complexity index is 1050. The molecule has 39 heavy (non-hydrogen) atoms. The van der Waals surface area contributed by atoms with Crippen LogP contribution in [0.15, 0.2) is 0 Å². The number of rotatable bonds is 2. The average Bonchev–Trinajstić information content (AvgIpc) is 2.68. The predicted octanol–water partition coefficient (Wildman–Crippen LogP) is 8.60. The first-order valence-electron chi connectivity index (χ1n) is 12.8. The molecular weight excluding hydrogens is 560 g/mol. The van der Waals surface area contributed by atoms with Gasteiger partial charge in [-0.1, -0.05) is 0 Å². The summed E-state index contributed by atoms with van der Waals surface area (Å²) in [4.78, 5) is 12.5. The summed E-state index contributed by atoms with van der Waals surface area (Å²) in [6.07, 6.45) is -32.7. The summed E-state index contributed by atoms with van der Waals surface area (Å²) in [7, 11) is 0. The lowest BCUT2D eigenvalue weighted by atomic mass is 9.26. The fourth-order valence-electron chi connectivity index (χ4n) is 11.7. The van der Waals surface area contributed by atoms with Gasteiger partial charge < -0.3 is 5.11 Å². The van der Waals surface area contributed by atoms with Gasteiger partial charge in [0.25, 0.3) is 0 Å². The smallest absolute Gasteiger partial charge is 0.394 e. The highest BCUT2D eigenvalue weighted by molar-refractivity contribution is 5.76. The number of halogens is 12.